The van der Waals surface area contributed by atoms with E-state index >= 15 is 0 Å². The molecule has 0 amide bonds. The summed E-state index contributed by atoms with van der Waals surface area (Å²) in [7, 11) is 0. The molecule has 2 rings (SSSR count). The molecule has 1 aliphatic heterocycles. The minimum atomic E-state index is 0.748. The van der Waals surface area contributed by atoms with Crippen LogP contribution in [0.1, 0.15) is 110 Å². The van der Waals surface area contributed by atoms with Crippen LogP contribution in [0.3, 0.4) is 0 Å². The molecule has 208 valence electrons. The van der Waals surface area contributed by atoms with Crippen LogP contribution in [0.15, 0.2) is 60.6 Å². The van der Waals surface area contributed by atoms with E-state index in [-0.39, 0.29) is 0 Å². The number of para-hydroxylation sites is 2. The largest absolute Gasteiger partial charge is 0.497 e. The summed E-state index contributed by atoms with van der Waals surface area (Å²) in [5.41, 5.74) is 0. The Morgan fingerprint density at radius 1 is 0.514 bits per heavy atom. The fourth-order valence-corrected chi connectivity index (χ4v) is 4.38. The highest BCUT2D eigenvalue weighted by Crippen LogP contribution is 2.27. The number of rotatable bonds is 2. The molecule has 0 unspecified atom stereocenters. The highest BCUT2D eigenvalue weighted by Gasteiger charge is 2.04. The van der Waals surface area contributed by atoms with E-state index in [2.05, 4.69) is 0 Å². The molecule has 0 saturated carbocycles. The third-order valence-corrected chi connectivity index (χ3v) is 6.59. The van der Waals surface area contributed by atoms with Crippen molar-refractivity contribution in [2.75, 3.05) is 26.4 Å². The van der Waals surface area contributed by atoms with Crippen LogP contribution in [0.5, 0.6) is 11.5 Å². The molecule has 0 aliphatic carbocycles. The van der Waals surface area contributed by atoms with Gasteiger partial charge in [-0.05, 0) is 50.8 Å². The maximum atomic E-state index is 6.05. The molecular weight excluding hydrogens is 460 g/mol. The van der Waals surface area contributed by atoms with Crippen molar-refractivity contribution in [3.8, 4) is 11.5 Å². The van der Waals surface area contributed by atoms with E-state index in [1.807, 2.05) is 55.5 Å². The van der Waals surface area contributed by atoms with Crippen LogP contribution < -0.4 is 9.47 Å². The molecule has 0 atom stereocenters. The fourth-order valence-electron chi connectivity index (χ4n) is 4.38. The summed E-state index contributed by atoms with van der Waals surface area (Å²) in [6.45, 7) is 5.05. The Morgan fingerprint density at radius 2 is 0.946 bits per heavy atom. The van der Waals surface area contributed by atoms with Gasteiger partial charge in [0.05, 0.1) is 26.4 Å². The molecule has 1 aromatic rings. The third-order valence-electron chi connectivity index (χ3n) is 6.59. The van der Waals surface area contributed by atoms with Crippen molar-refractivity contribution in [1.29, 1.82) is 0 Å². The molecule has 0 saturated heterocycles. The Bertz CT molecular complexity index is 752. The number of fused-ring (bicyclic) bond motifs is 1. The van der Waals surface area contributed by atoms with Crippen molar-refractivity contribution in [3.63, 3.8) is 0 Å². The molecule has 4 heteroatoms. The molecule has 0 aromatic heterocycles. The molecule has 1 aromatic carbocycles. The zero-order valence-corrected chi connectivity index (χ0v) is 23.5. The first-order valence-electron chi connectivity index (χ1n) is 15.0. The normalized spacial score (nSPS) is 19.8. The van der Waals surface area contributed by atoms with Crippen molar-refractivity contribution >= 4 is 0 Å². The molecular formula is C33H52O4. The highest BCUT2D eigenvalue weighted by atomic mass is 16.5. The Balaban J connectivity index is 1.74. The lowest BCUT2D eigenvalue weighted by molar-refractivity contribution is 0.179. The number of allylic oxidation sites excluding steroid dienone is 4. The Labute approximate surface area is 227 Å². The summed E-state index contributed by atoms with van der Waals surface area (Å²) in [6, 6.07) is 8.11. The van der Waals surface area contributed by atoms with Crippen LogP contribution >= 0.6 is 0 Å². The second kappa shape index (κ2) is 22.8. The van der Waals surface area contributed by atoms with Gasteiger partial charge in [0.1, 0.15) is 6.26 Å². The van der Waals surface area contributed by atoms with E-state index < -0.39 is 0 Å². The smallest absolute Gasteiger partial charge is 0.161 e. The third kappa shape index (κ3) is 16.9. The average molecular weight is 513 g/mol. The predicted octanol–water partition coefficient (Wildman–Crippen LogP) is 9.71. The van der Waals surface area contributed by atoms with Crippen LogP contribution in [-0.4, -0.2) is 26.4 Å². The average Bonchev–Trinajstić information content (AvgIpc) is 2.91. The summed E-state index contributed by atoms with van der Waals surface area (Å²) in [5, 5.41) is 0. The van der Waals surface area contributed by atoms with Crippen molar-refractivity contribution in [2.45, 2.75) is 110 Å². The lowest BCUT2D eigenvalue weighted by atomic mass is 10.1. The summed E-state index contributed by atoms with van der Waals surface area (Å²) in [6.07, 6.45) is 29.4. The second-order valence-electron chi connectivity index (χ2n) is 9.92. The van der Waals surface area contributed by atoms with Gasteiger partial charge in [-0.2, -0.15) is 0 Å². The molecule has 0 fully saturated rings. The topological polar surface area (TPSA) is 36.9 Å². The number of hydrogen-bond donors (Lipinski definition) is 0. The summed E-state index contributed by atoms with van der Waals surface area (Å²) < 4.78 is 23.9. The van der Waals surface area contributed by atoms with Gasteiger partial charge < -0.3 is 18.9 Å². The quantitative estimate of drug-likeness (QED) is 0.370. The minimum absolute atomic E-state index is 0.748. The van der Waals surface area contributed by atoms with Gasteiger partial charge in [0.15, 0.2) is 17.3 Å². The van der Waals surface area contributed by atoms with Crippen LogP contribution in [0.4, 0.5) is 0 Å². The molecule has 0 N–H and O–H groups in total. The Kier molecular flexibility index (Phi) is 19.0. The first-order valence-corrected chi connectivity index (χ1v) is 15.0. The van der Waals surface area contributed by atoms with E-state index in [1.165, 1.54) is 77.0 Å². The Hall–Kier alpha value is -2.36. The van der Waals surface area contributed by atoms with Gasteiger partial charge in [0.2, 0.25) is 0 Å². The maximum absolute atomic E-state index is 6.05. The van der Waals surface area contributed by atoms with Crippen LogP contribution in [0.25, 0.3) is 0 Å². The number of ether oxygens (including phenoxy) is 4. The molecule has 4 nitrogen and oxygen atoms in total. The highest BCUT2D eigenvalue weighted by molar-refractivity contribution is 5.39. The van der Waals surface area contributed by atoms with Crippen LogP contribution in [0, 0.1) is 0 Å². The second-order valence-corrected chi connectivity index (χ2v) is 9.92. The molecule has 0 bridgehead atoms. The van der Waals surface area contributed by atoms with Crippen molar-refractivity contribution < 1.29 is 18.9 Å². The lowest BCUT2D eigenvalue weighted by Crippen LogP contribution is -2.02. The monoisotopic (exact) mass is 512 g/mol. The van der Waals surface area contributed by atoms with Gasteiger partial charge in [0.25, 0.3) is 0 Å². The van der Waals surface area contributed by atoms with Gasteiger partial charge in [0, 0.05) is 0 Å². The van der Waals surface area contributed by atoms with Gasteiger partial charge >= 0.3 is 0 Å². The van der Waals surface area contributed by atoms with Crippen LogP contribution in [0.2, 0.25) is 0 Å². The first-order chi connectivity index (χ1) is 18.4. The molecule has 0 radical (unpaired) electrons. The summed E-state index contributed by atoms with van der Waals surface area (Å²) in [4.78, 5) is 0. The van der Waals surface area contributed by atoms with Crippen molar-refractivity contribution in [1.82, 2.24) is 0 Å². The summed E-state index contributed by atoms with van der Waals surface area (Å²) in [5.74, 6) is 2.59. The van der Waals surface area contributed by atoms with E-state index in [0.29, 0.717) is 0 Å². The van der Waals surface area contributed by atoms with Gasteiger partial charge in [-0.25, -0.2) is 0 Å². The standard InChI is InChI=1S/C33H52O4/c1-2-3-16-23-31-30-34-26-19-12-8-4-5-10-14-21-28-36-32-24-17-18-25-33(32)37-29-22-15-11-7-6-9-13-20-27-35-31/h2-3,16-18,23-25,30H,4-15,19-22,26-29H2,1H3. The van der Waals surface area contributed by atoms with E-state index in [1.54, 1.807) is 6.26 Å². The maximum Gasteiger partial charge on any atom is 0.161 e. The minimum Gasteiger partial charge on any atom is -0.497 e. The fraction of sp³-hybridized carbons (Fsp3) is 0.636. The first kappa shape index (κ1) is 30.9. The van der Waals surface area contributed by atoms with Crippen molar-refractivity contribution in [3.05, 3.63) is 60.6 Å². The lowest BCUT2D eigenvalue weighted by Gasteiger charge is -2.12. The number of hydrogen-bond acceptors (Lipinski definition) is 4. The predicted molar refractivity (Wildman–Crippen MR) is 155 cm³/mol. The molecule has 1 aliphatic rings. The molecule has 37 heavy (non-hydrogen) atoms. The van der Waals surface area contributed by atoms with Crippen LogP contribution in [-0.2, 0) is 9.47 Å². The van der Waals surface area contributed by atoms with Gasteiger partial charge in [-0.15, -0.1) is 0 Å². The van der Waals surface area contributed by atoms with E-state index in [4.69, 9.17) is 18.9 Å². The van der Waals surface area contributed by atoms with Gasteiger partial charge in [-0.3, -0.25) is 0 Å². The zero-order valence-electron chi connectivity index (χ0n) is 23.5. The number of benzene rings is 1. The summed E-state index contributed by atoms with van der Waals surface area (Å²) >= 11 is 0. The van der Waals surface area contributed by atoms with Gasteiger partial charge in [-0.1, -0.05) is 107 Å². The zero-order chi connectivity index (χ0) is 26.1. The Morgan fingerprint density at radius 3 is 1.43 bits per heavy atom. The SMILES string of the molecule is CC=CC=CC1=COCCCCCCCCCCOc2ccccc2OCCCCCCCCCCO1. The van der Waals surface area contributed by atoms with E-state index in [9.17, 15) is 0 Å². The van der Waals surface area contributed by atoms with Crippen molar-refractivity contribution in [2.24, 2.45) is 0 Å². The molecule has 1 heterocycles. The van der Waals surface area contributed by atoms with E-state index in [0.717, 1.165) is 69.4 Å². The molecule has 0 spiro atoms.